The number of nitrogens with zero attached hydrogens (tertiary/aromatic N) is 1. The highest BCUT2D eigenvalue weighted by molar-refractivity contribution is 8.02. The number of thioether (sulfide) groups is 1. The highest BCUT2D eigenvalue weighted by Crippen LogP contribution is 2.33. The van der Waals surface area contributed by atoms with Gasteiger partial charge in [0.15, 0.2) is 4.34 Å². The molecule has 1 unspecified atom stereocenters. The van der Waals surface area contributed by atoms with Crippen LogP contribution in [0.15, 0.2) is 28.6 Å². The Morgan fingerprint density at radius 2 is 1.96 bits per heavy atom. The van der Waals surface area contributed by atoms with Gasteiger partial charge >= 0.3 is 5.97 Å². The van der Waals surface area contributed by atoms with Gasteiger partial charge in [0.2, 0.25) is 0 Å². The molecule has 150 valence electrons. The first kappa shape index (κ1) is 23.4. The zero-order chi connectivity index (χ0) is 20.1. The van der Waals surface area contributed by atoms with Crippen LogP contribution in [0, 0.1) is 0 Å². The molecule has 0 bridgehead atoms. The Hall–Kier alpha value is -1.64. The lowest BCUT2D eigenvalue weighted by molar-refractivity contribution is -0.648. The molecule has 1 atom stereocenters. The van der Waals surface area contributed by atoms with Crippen molar-refractivity contribution >= 4 is 45.3 Å². The second-order valence-corrected chi connectivity index (χ2v) is 8.24. The number of ether oxygens (including phenoxy) is 1. The highest BCUT2D eigenvalue weighted by Gasteiger charge is 2.23. The molecule has 2 rings (SSSR count). The summed E-state index contributed by atoms with van der Waals surface area (Å²) in [5, 5.41) is 12.3. The van der Waals surface area contributed by atoms with Crippen LogP contribution >= 0.6 is 23.1 Å². The molecular weight excluding hydrogens is 384 g/mol. The number of hydrogen-bond donors (Lipinski definition) is 1. The van der Waals surface area contributed by atoms with Gasteiger partial charge in [0.1, 0.15) is 5.25 Å². The molecular formula is C19H28N2O4S2. The van der Waals surface area contributed by atoms with E-state index in [9.17, 15) is 14.7 Å². The van der Waals surface area contributed by atoms with Crippen LogP contribution in [0.3, 0.4) is 0 Å². The summed E-state index contributed by atoms with van der Waals surface area (Å²) in [6.45, 7) is 9.04. The second kappa shape index (κ2) is 13.5. The molecule has 0 saturated heterocycles. The molecule has 0 aliphatic carbocycles. The van der Waals surface area contributed by atoms with Crippen molar-refractivity contribution in [3.8, 4) is 0 Å². The normalized spacial score (nSPS) is 11.5. The van der Waals surface area contributed by atoms with Gasteiger partial charge in [0.25, 0.3) is 0 Å². The smallest absolute Gasteiger partial charge is 0.319 e. The minimum atomic E-state index is -1.27. The Labute approximate surface area is 168 Å². The minimum Gasteiger partial charge on any atom is -0.550 e. The van der Waals surface area contributed by atoms with E-state index in [1.807, 2.05) is 31.2 Å². The summed E-state index contributed by atoms with van der Waals surface area (Å²) < 4.78 is 6.77. The fourth-order valence-corrected chi connectivity index (χ4v) is 4.33. The van der Waals surface area contributed by atoms with Crippen molar-refractivity contribution in [2.24, 2.45) is 0 Å². The predicted octanol–water partition coefficient (Wildman–Crippen LogP) is 1.83. The number of aromatic nitrogens is 1. The van der Waals surface area contributed by atoms with E-state index >= 15 is 0 Å². The van der Waals surface area contributed by atoms with Crippen LogP contribution in [0.1, 0.15) is 40.0 Å². The van der Waals surface area contributed by atoms with Gasteiger partial charge < -0.3 is 20.0 Å². The van der Waals surface area contributed by atoms with Gasteiger partial charge in [-0.3, -0.25) is 4.79 Å². The largest absolute Gasteiger partial charge is 0.550 e. The van der Waals surface area contributed by atoms with E-state index in [0.29, 0.717) is 10.9 Å². The number of quaternary nitrogens is 1. The topological polar surface area (TPSA) is 95.9 Å². The summed E-state index contributed by atoms with van der Waals surface area (Å²) >= 11 is 2.55. The number of benzene rings is 1. The van der Waals surface area contributed by atoms with E-state index in [2.05, 4.69) is 24.1 Å². The van der Waals surface area contributed by atoms with Gasteiger partial charge in [-0.05, 0) is 32.4 Å². The molecule has 6 nitrogen and oxygen atoms in total. The number of thiazole rings is 1. The van der Waals surface area contributed by atoms with E-state index in [0.717, 1.165) is 34.8 Å². The van der Waals surface area contributed by atoms with Crippen LogP contribution < -0.4 is 10.4 Å². The fraction of sp³-hybridized carbons (Fsp3) is 0.526. The van der Waals surface area contributed by atoms with Gasteiger partial charge in [0, 0.05) is 12.4 Å². The molecule has 27 heavy (non-hydrogen) atoms. The maximum absolute atomic E-state index is 12.0. The monoisotopic (exact) mass is 412 g/mol. The van der Waals surface area contributed by atoms with Crippen molar-refractivity contribution in [2.75, 3.05) is 19.7 Å². The van der Waals surface area contributed by atoms with Crippen molar-refractivity contribution in [2.45, 2.75) is 49.6 Å². The molecule has 0 aliphatic heterocycles. The number of carboxylic acids is 1. The number of esters is 1. The summed E-state index contributed by atoms with van der Waals surface area (Å²) in [5.74, 6) is -1.80. The Morgan fingerprint density at radius 3 is 2.52 bits per heavy atom. The van der Waals surface area contributed by atoms with Crippen molar-refractivity contribution in [1.29, 1.82) is 0 Å². The Balaban J connectivity index is 0.000000646. The minimum absolute atomic E-state index is 0.305. The fourth-order valence-electron chi connectivity index (χ4n) is 2.05. The number of nitrogens with two attached hydrogens (primary N) is 1. The van der Waals surface area contributed by atoms with E-state index in [-0.39, 0.29) is 6.42 Å². The molecule has 1 aromatic heterocycles. The molecule has 0 amide bonds. The molecule has 1 heterocycles. The van der Waals surface area contributed by atoms with Crippen molar-refractivity contribution in [3.63, 3.8) is 0 Å². The summed E-state index contributed by atoms with van der Waals surface area (Å²) in [4.78, 5) is 27.3. The number of carbonyl (C=O) groups is 2. The van der Waals surface area contributed by atoms with E-state index in [1.54, 1.807) is 0 Å². The van der Waals surface area contributed by atoms with Gasteiger partial charge in [-0.2, -0.15) is 0 Å². The van der Waals surface area contributed by atoms with Crippen LogP contribution in [0.5, 0.6) is 0 Å². The first-order valence-corrected chi connectivity index (χ1v) is 10.9. The zero-order valence-electron chi connectivity index (χ0n) is 16.1. The third kappa shape index (κ3) is 9.21. The Morgan fingerprint density at radius 1 is 1.26 bits per heavy atom. The van der Waals surface area contributed by atoms with E-state index in [4.69, 9.17) is 4.74 Å². The second-order valence-electron chi connectivity index (χ2n) is 5.76. The molecule has 1 aromatic carbocycles. The number of aliphatic carboxylic acids is 1. The first-order valence-electron chi connectivity index (χ1n) is 9.22. The van der Waals surface area contributed by atoms with Crippen LogP contribution in [0.4, 0.5) is 0 Å². The van der Waals surface area contributed by atoms with E-state index < -0.39 is 17.2 Å². The number of fused-ring (bicyclic) bond motifs is 1. The van der Waals surface area contributed by atoms with Gasteiger partial charge in [0.05, 0.1) is 29.9 Å². The summed E-state index contributed by atoms with van der Waals surface area (Å²) in [6.07, 6.45) is 1.28. The van der Waals surface area contributed by atoms with Crippen LogP contribution in [-0.4, -0.2) is 41.9 Å². The summed E-state index contributed by atoms with van der Waals surface area (Å²) in [7, 11) is 0. The molecule has 0 fully saturated rings. The molecule has 8 heteroatoms. The predicted molar refractivity (Wildman–Crippen MR) is 108 cm³/mol. The first-order chi connectivity index (χ1) is 13.0. The average molecular weight is 413 g/mol. The van der Waals surface area contributed by atoms with Crippen molar-refractivity contribution in [3.05, 3.63) is 24.3 Å². The zero-order valence-corrected chi connectivity index (χ0v) is 17.7. The summed E-state index contributed by atoms with van der Waals surface area (Å²) in [6, 6.07) is 7.61. The van der Waals surface area contributed by atoms with Crippen LogP contribution in [0.2, 0.25) is 0 Å². The van der Waals surface area contributed by atoms with Gasteiger partial charge in [-0.1, -0.05) is 37.2 Å². The van der Waals surface area contributed by atoms with Crippen molar-refractivity contribution in [1.82, 2.24) is 4.98 Å². The molecule has 0 radical (unpaired) electrons. The summed E-state index contributed by atoms with van der Waals surface area (Å²) in [5.41, 5.74) is 0.835. The number of carbonyl (C=O) groups excluding carboxylic acids is 2. The average Bonchev–Trinajstić information content (AvgIpc) is 3.04. The lowest BCUT2D eigenvalue weighted by atomic mass is 10.3. The lowest BCUT2D eigenvalue weighted by Gasteiger charge is -2.14. The van der Waals surface area contributed by atoms with Crippen molar-refractivity contribution < 1.29 is 24.7 Å². The van der Waals surface area contributed by atoms with Crippen LogP contribution in [-0.2, 0) is 14.3 Å². The Bertz CT molecular complexity index is 671. The number of rotatable bonds is 10. The SMILES string of the molecule is CCCCOC(=O)C(CC(=O)[O-])Sc1nc2ccccc2s1.CC[NH2+]CC. The number of para-hydroxylation sites is 1. The number of hydrogen-bond acceptors (Lipinski definition) is 7. The number of carboxylic acid groups (broad SMARTS) is 1. The standard InChI is InChI=1S/C15H17NO4S2.C4H11N/c1-2-3-8-20-14(19)12(9-13(17)18)22-15-16-10-6-4-5-7-11(10)21-15;1-3-5-4-2/h4-7,12H,2-3,8-9H2,1H3,(H,17,18);5H,3-4H2,1-2H3. The quantitative estimate of drug-likeness (QED) is 0.363. The molecule has 2 N–H and O–H groups in total. The third-order valence-corrected chi connectivity index (χ3v) is 5.76. The van der Waals surface area contributed by atoms with E-state index in [1.165, 1.54) is 24.4 Å². The van der Waals surface area contributed by atoms with Gasteiger partial charge in [-0.15, -0.1) is 11.3 Å². The number of unbranched alkanes of at least 4 members (excludes halogenated alkanes) is 1. The lowest BCUT2D eigenvalue weighted by Crippen LogP contribution is -2.82. The molecule has 0 aliphatic rings. The third-order valence-electron chi connectivity index (χ3n) is 3.45. The van der Waals surface area contributed by atoms with Crippen LogP contribution in [0.25, 0.3) is 10.2 Å². The molecule has 0 spiro atoms. The molecule has 0 saturated carbocycles. The Kier molecular flexibility index (Phi) is 11.7. The maximum atomic E-state index is 12.0. The maximum Gasteiger partial charge on any atom is 0.319 e. The molecule has 2 aromatic rings. The van der Waals surface area contributed by atoms with Gasteiger partial charge in [-0.25, -0.2) is 4.98 Å². The highest BCUT2D eigenvalue weighted by atomic mass is 32.2.